The Labute approximate surface area is 144 Å². The normalized spacial score (nSPS) is 10.0. The lowest BCUT2D eigenvalue weighted by Gasteiger charge is -2.09. The maximum Gasteiger partial charge on any atom is 0.348 e. The molecule has 0 aliphatic rings. The van der Waals surface area contributed by atoms with Crippen LogP contribution in [-0.4, -0.2) is 31.6 Å². The van der Waals surface area contributed by atoms with Gasteiger partial charge in [-0.05, 0) is 40.2 Å². The number of ether oxygens (including phenoxy) is 2. The molecule has 23 heavy (non-hydrogen) atoms. The van der Waals surface area contributed by atoms with Crippen molar-refractivity contribution in [2.45, 2.75) is 0 Å². The van der Waals surface area contributed by atoms with Crippen LogP contribution in [0, 0.1) is 0 Å². The van der Waals surface area contributed by atoms with Crippen molar-refractivity contribution in [3.05, 3.63) is 50.6 Å². The van der Waals surface area contributed by atoms with Crippen LogP contribution in [0.4, 0.5) is 5.69 Å². The number of para-hydroxylation sites is 1. The van der Waals surface area contributed by atoms with Crippen molar-refractivity contribution in [3.8, 4) is 0 Å². The van der Waals surface area contributed by atoms with Crippen molar-refractivity contribution in [1.29, 1.82) is 0 Å². The fraction of sp³-hybridized carbons (Fsp3) is 0.133. The molecule has 1 amide bonds. The zero-order valence-electron chi connectivity index (χ0n) is 12.0. The zero-order valence-corrected chi connectivity index (χ0v) is 14.4. The van der Waals surface area contributed by atoms with Gasteiger partial charge in [0, 0.05) is 0 Å². The Morgan fingerprint density at radius 1 is 1.13 bits per heavy atom. The van der Waals surface area contributed by atoms with E-state index in [-0.39, 0.29) is 5.56 Å². The average Bonchev–Trinajstić information content (AvgIpc) is 2.99. The molecule has 0 radical (unpaired) electrons. The molecular formula is C15H12BrNO5S. The van der Waals surface area contributed by atoms with E-state index in [1.165, 1.54) is 24.5 Å². The van der Waals surface area contributed by atoms with Crippen LogP contribution in [0.25, 0.3) is 0 Å². The third-order valence-electron chi connectivity index (χ3n) is 2.72. The predicted octanol–water partition coefficient (Wildman–Crippen LogP) is 3.09. The number of carbonyl (C=O) groups excluding carboxylic acids is 3. The minimum atomic E-state index is -0.586. The molecule has 1 heterocycles. The van der Waals surface area contributed by atoms with E-state index in [1.54, 1.807) is 30.3 Å². The summed E-state index contributed by atoms with van der Waals surface area (Å²) in [5, 5.41) is 2.51. The quantitative estimate of drug-likeness (QED) is 0.783. The van der Waals surface area contributed by atoms with Gasteiger partial charge in [0.1, 0.15) is 4.88 Å². The molecule has 0 atom stereocenters. The fourth-order valence-corrected chi connectivity index (χ4v) is 2.97. The maximum absolute atomic E-state index is 11.9. The lowest BCUT2D eigenvalue weighted by Crippen LogP contribution is -2.22. The molecule has 6 nitrogen and oxygen atoms in total. The summed E-state index contributed by atoms with van der Waals surface area (Å²) < 4.78 is 10.4. The molecule has 0 spiro atoms. The molecule has 2 aromatic rings. The second-order valence-corrected chi connectivity index (χ2v) is 6.73. The third kappa shape index (κ3) is 4.64. The SMILES string of the molecule is COC(=O)c1ccccc1NC(=O)COC(=O)c1ccc(Br)s1. The van der Waals surface area contributed by atoms with Crippen LogP contribution in [0.5, 0.6) is 0 Å². The Balaban J connectivity index is 1.95. The Hall–Kier alpha value is -2.19. The highest BCUT2D eigenvalue weighted by molar-refractivity contribution is 9.11. The van der Waals surface area contributed by atoms with Gasteiger partial charge in [-0.1, -0.05) is 12.1 Å². The Morgan fingerprint density at radius 2 is 1.87 bits per heavy atom. The van der Waals surface area contributed by atoms with Gasteiger partial charge in [0.2, 0.25) is 0 Å². The van der Waals surface area contributed by atoms with E-state index in [0.29, 0.717) is 10.6 Å². The largest absolute Gasteiger partial charge is 0.465 e. The van der Waals surface area contributed by atoms with Gasteiger partial charge in [-0.25, -0.2) is 9.59 Å². The number of hydrogen-bond donors (Lipinski definition) is 1. The van der Waals surface area contributed by atoms with Crippen molar-refractivity contribution >= 4 is 50.8 Å². The van der Waals surface area contributed by atoms with Crippen LogP contribution in [0.1, 0.15) is 20.0 Å². The summed E-state index contributed by atoms with van der Waals surface area (Å²) >= 11 is 4.45. The third-order valence-corrected chi connectivity index (χ3v) is 4.32. The first-order chi connectivity index (χ1) is 11.0. The monoisotopic (exact) mass is 397 g/mol. The molecule has 0 bridgehead atoms. The van der Waals surface area contributed by atoms with E-state index in [2.05, 4.69) is 26.0 Å². The van der Waals surface area contributed by atoms with Gasteiger partial charge >= 0.3 is 11.9 Å². The summed E-state index contributed by atoms with van der Waals surface area (Å²) in [7, 11) is 1.25. The number of thiophene rings is 1. The van der Waals surface area contributed by atoms with E-state index < -0.39 is 24.5 Å². The van der Waals surface area contributed by atoms with Gasteiger partial charge in [0.15, 0.2) is 6.61 Å². The Bertz CT molecular complexity index is 743. The highest BCUT2D eigenvalue weighted by Gasteiger charge is 2.15. The number of hydrogen-bond acceptors (Lipinski definition) is 6. The van der Waals surface area contributed by atoms with Gasteiger partial charge in [-0.3, -0.25) is 4.79 Å². The molecule has 120 valence electrons. The van der Waals surface area contributed by atoms with Crippen LogP contribution in [0.15, 0.2) is 40.2 Å². The summed E-state index contributed by atoms with van der Waals surface area (Å²) in [6, 6.07) is 9.71. The number of amides is 1. The van der Waals surface area contributed by atoms with Gasteiger partial charge in [-0.15, -0.1) is 11.3 Å². The molecule has 1 aromatic carbocycles. The number of anilines is 1. The smallest absolute Gasteiger partial charge is 0.348 e. The molecule has 0 unspecified atom stereocenters. The first-order valence-corrected chi connectivity index (χ1v) is 8.02. The van der Waals surface area contributed by atoms with Gasteiger partial charge in [0.25, 0.3) is 5.91 Å². The number of rotatable bonds is 5. The topological polar surface area (TPSA) is 81.7 Å². The summed E-state index contributed by atoms with van der Waals surface area (Å²) in [6.07, 6.45) is 0. The molecule has 2 rings (SSSR count). The number of carbonyl (C=O) groups is 3. The average molecular weight is 398 g/mol. The predicted molar refractivity (Wildman–Crippen MR) is 88.7 cm³/mol. The molecular weight excluding hydrogens is 386 g/mol. The highest BCUT2D eigenvalue weighted by atomic mass is 79.9. The lowest BCUT2D eigenvalue weighted by molar-refractivity contribution is -0.119. The minimum Gasteiger partial charge on any atom is -0.465 e. The van der Waals surface area contributed by atoms with Crippen LogP contribution in [0.2, 0.25) is 0 Å². The number of benzene rings is 1. The van der Waals surface area contributed by atoms with E-state index in [4.69, 9.17) is 4.74 Å². The van der Waals surface area contributed by atoms with Crippen LogP contribution < -0.4 is 5.32 Å². The number of esters is 2. The summed E-state index contributed by atoms with van der Waals surface area (Å²) in [5.41, 5.74) is 0.510. The Kier molecular flexibility index (Phi) is 5.89. The van der Waals surface area contributed by atoms with Crippen molar-refractivity contribution in [3.63, 3.8) is 0 Å². The number of methoxy groups -OCH3 is 1. The molecule has 1 aromatic heterocycles. The van der Waals surface area contributed by atoms with E-state index in [1.807, 2.05) is 0 Å². The van der Waals surface area contributed by atoms with E-state index in [0.717, 1.165) is 3.79 Å². The lowest BCUT2D eigenvalue weighted by atomic mass is 10.2. The van der Waals surface area contributed by atoms with Crippen molar-refractivity contribution in [1.82, 2.24) is 0 Å². The zero-order chi connectivity index (χ0) is 16.8. The molecule has 0 fully saturated rings. The molecule has 0 saturated heterocycles. The molecule has 1 N–H and O–H groups in total. The number of halogens is 1. The van der Waals surface area contributed by atoms with E-state index >= 15 is 0 Å². The standard InChI is InChI=1S/C15H12BrNO5S/c1-21-14(19)9-4-2-3-5-10(9)17-13(18)8-22-15(20)11-6-7-12(16)23-11/h2-7H,8H2,1H3,(H,17,18). The fourth-order valence-electron chi connectivity index (χ4n) is 1.69. The van der Waals surface area contributed by atoms with Gasteiger partial charge < -0.3 is 14.8 Å². The summed E-state index contributed by atoms with van der Waals surface area (Å²) in [6.45, 7) is -0.455. The van der Waals surface area contributed by atoms with Gasteiger partial charge in [0.05, 0.1) is 22.1 Å². The van der Waals surface area contributed by atoms with Crippen molar-refractivity contribution in [2.24, 2.45) is 0 Å². The molecule has 8 heteroatoms. The minimum absolute atomic E-state index is 0.219. The maximum atomic E-state index is 11.9. The Morgan fingerprint density at radius 3 is 2.52 bits per heavy atom. The molecule has 0 aliphatic carbocycles. The second-order valence-electron chi connectivity index (χ2n) is 4.27. The van der Waals surface area contributed by atoms with E-state index in [9.17, 15) is 14.4 Å². The molecule has 0 saturated carbocycles. The second kappa shape index (κ2) is 7.89. The number of nitrogens with one attached hydrogen (secondary N) is 1. The van der Waals surface area contributed by atoms with Crippen LogP contribution in [0.3, 0.4) is 0 Å². The van der Waals surface area contributed by atoms with Crippen molar-refractivity contribution in [2.75, 3.05) is 19.0 Å². The molecule has 0 aliphatic heterocycles. The highest BCUT2D eigenvalue weighted by Crippen LogP contribution is 2.22. The van der Waals surface area contributed by atoms with Gasteiger partial charge in [-0.2, -0.15) is 0 Å². The van der Waals surface area contributed by atoms with Crippen LogP contribution in [-0.2, 0) is 14.3 Å². The first kappa shape index (κ1) is 17.2. The van der Waals surface area contributed by atoms with Crippen molar-refractivity contribution < 1.29 is 23.9 Å². The first-order valence-electron chi connectivity index (χ1n) is 6.41. The summed E-state index contributed by atoms with van der Waals surface area (Å²) in [5.74, 6) is -1.70. The van der Waals surface area contributed by atoms with Crippen LogP contribution >= 0.6 is 27.3 Å². The summed E-state index contributed by atoms with van der Waals surface area (Å²) in [4.78, 5) is 35.6.